The first-order valence-electron chi connectivity index (χ1n) is 9.27. The first-order chi connectivity index (χ1) is 14.5. The van der Waals surface area contributed by atoms with E-state index in [0.717, 1.165) is 11.3 Å². The van der Waals surface area contributed by atoms with E-state index in [1.807, 2.05) is 5.38 Å². The average Bonchev–Trinajstić information content (AvgIpc) is 3.46. The van der Waals surface area contributed by atoms with Crippen molar-refractivity contribution in [1.29, 1.82) is 0 Å². The minimum atomic E-state index is -0.352. The second-order valence-corrected chi connectivity index (χ2v) is 9.23. The van der Waals surface area contributed by atoms with Gasteiger partial charge in [0.15, 0.2) is 10.3 Å². The zero-order chi connectivity index (χ0) is 21.1. The molecule has 0 fully saturated rings. The Kier molecular flexibility index (Phi) is 6.21. The molecular formula is C19H18N4O4S3. The topological polar surface area (TPSA) is 110 Å². The molecular weight excluding hydrogens is 444 g/mol. The van der Waals surface area contributed by atoms with Crippen LogP contribution in [0.25, 0.3) is 0 Å². The van der Waals surface area contributed by atoms with Gasteiger partial charge in [0, 0.05) is 15.6 Å². The van der Waals surface area contributed by atoms with Crippen molar-refractivity contribution in [2.75, 3.05) is 17.2 Å². The van der Waals surface area contributed by atoms with E-state index in [1.54, 1.807) is 23.8 Å². The van der Waals surface area contributed by atoms with Gasteiger partial charge in [-0.1, -0.05) is 0 Å². The van der Waals surface area contributed by atoms with Crippen molar-refractivity contribution in [3.8, 4) is 0 Å². The maximum Gasteiger partial charge on any atom is 0.315 e. The van der Waals surface area contributed by atoms with Crippen molar-refractivity contribution >= 4 is 62.1 Å². The Hall–Kier alpha value is -2.63. The smallest absolute Gasteiger partial charge is 0.315 e. The molecule has 0 saturated carbocycles. The van der Waals surface area contributed by atoms with Crippen LogP contribution in [0.2, 0.25) is 0 Å². The predicted molar refractivity (Wildman–Crippen MR) is 117 cm³/mol. The summed E-state index contributed by atoms with van der Waals surface area (Å²) in [7, 11) is 0. The third kappa shape index (κ3) is 4.58. The number of fused-ring (bicyclic) bond motifs is 1. The number of nitrogens with one attached hydrogen (secondary N) is 2. The van der Waals surface area contributed by atoms with E-state index in [-0.39, 0.29) is 30.1 Å². The van der Waals surface area contributed by atoms with Crippen molar-refractivity contribution < 1.29 is 19.1 Å². The van der Waals surface area contributed by atoms with E-state index in [9.17, 15) is 14.4 Å². The van der Waals surface area contributed by atoms with Gasteiger partial charge in [0.2, 0.25) is 5.91 Å². The molecule has 3 aromatic rings. The summed E-state index contributed by atoms with van der Waals surface area (Å²) >= 11 is 4.10. The molecule has 8 nitrogen and oxygen atoms in total. The number of carbonyl (C=O) groups excluding carboxylic acids is 3. The second kappa shape index (κ2) is 9.02. The maximum atomic E-state index is 12.4. The number of amides is 2. The van der Waals surface area contributed by atoms with E-state index in [4.69, 9.17) is 4.74 Å². The van der Waals surface area contributed by atoms with Gasteiger partial charge >= 0.3 is 5.97 Å². The van der Waals surface area contributed by atoms with Crippen LogP contribution in [-0.2, 0) is 27.2 Å². The lowest BCUT2D eigenvalue weighted by atomic mass is 10.1. The van der Waals surface area contributed by atoms with Crippen LogP contribution in [0.3, 0.4) is 0 Å². The molecule has 0 radical (unpaired) electrons. The van der Waals surface area contributed by atoms with Crippen LogP contribution in [0.1, 0.15) is 45.9 Å². The monoisotopic (exact) mass is 462 g/mol. The Morgan fingerprint density at radius 1 is 1.20 bits per heavy atom. The molecule has 2 amide bonds. The van der Waals surface area contributed by atoms with Crippen LogP contribution in [0.15, 0.2) is 22.2 Å². The first-order valence-corrected chi connectivity index (χ1v) is 11.9. The molecule has 1 unspecified atom stereocenters. The van der Waals surface area contributed by atoms with E-state index >= 15 is 0 Å². The molecule has 0 aromatic carbocycles. The summed E-state index contributed by atoms with van der Waals surface area (Å²) in [4.78, 5) is 46.3. The van der Waals surface area contributed by atoms with Crippen LogP contribution in [-0.4, -0.2) is 34.4 Å². The number of anilines is 2. The average molecular weight is 463 g/mol. The molecule has 1 atom stereocenters. The Morgan fingerprint density at radius 3 is 2.83 bits per heavy atom. The molecule has 3 aromatic heterocycles. The molecule has 2 N–H and O–H groups in total. The number of rotatable bonds is 7. The van der Waals surface area contributed by atoms with Gasteiger partial charge in [-0.25, -0.2) is 9.97 Å². The third-order valence-corrected chi connectivity index (χ3v) is 6.97. The third-order valence-electron chi connectivity index (χ3n) is 4.43. The summed E-state index contributed by atoms with van der Waals surface area (Å²) < 4.78 is 5.11. The van der Waals surface area contributed by atoms with Crippen LogP contribution in [0, 0.1) is 0 Å². The fourth-order valence-electron chi connectivity index (χ4n) is 3.09. The summed E-state index contributed by atoms with van der Waals surface area (Å²) in [6.45, 7) is 2.11. The molecule has 3 heterocycles. The zero-order valence-electron chi connectivity index (χ0n) is 16.0. The number of esters is 1. The molecule has 4 rings (SSSR count). The van der Waals surface area contributed by atoms with E-state index in [2.05, 4.69) is 20.6 Å². The minimum Gasteiger partial charge on any atom is -0.465 e. The molecule has 156 valence electrons. The largest absolute Gasteiger partial charge is 0.465 e. The lowest BCUT2D eigenvalue weighted by molar-refractivity contribution is -0.145. The summed E-state index contributed by atoms with van der Waals surface area (Å²) in [5.41, 5.74) is 1.85. The Morgan fingerprint density at radius 2 is 2.07 bits per heavy atom. The van der Waals surface area contributed by atoms with Gasteiger partial charge in [0.1, 0.15) is 5.92 Å². The Bertz CT molecular complexity index is 1070. The highest BCUT2D eigenvalue weighted by Gasteiger charge is 2.33. The normalized spacial score (nSPS) is 14.9. The highest BCUT2D eigenvalue weighted by atomic mass is 32.1. The molecule has 0 spiro atoms. The highest BCUT2D eigenvalue weighted by Crippen LogP contribution is 2.39. The summed E-state index contributed by atoms with van der Waals surface area (Å²) in [5.74, 6) is -1.10. The molecule has 0 saturated heterocycles. The van der Waals surface area contributed by atoms with Gasteiger partial charge in [-0.2, -0.15) is 11.3 Å². The number of hydrogen-bond acceptors (Lipinski definition) is 9. The van der Waals surface area contributed by atoms with Gasteiger partial charge in [-0.15, -0.1) is 22.7 Å². The number of nitrogens with zero attached hydrogens (tertiary/aromatic N) is 2. The number of aromatic nitrogens is 2. The van der Waals surface area contributed by atoms with E-state index < -0.39 is 0 Å². The summed E-state index contributed by atoms with van der Waals surface area (Å²) in [5, 5.41) is 11.7. The number of thiazole rings is 2. The SMILES string of the molecule is CCOC(=O)C1CCc2sc(NC(=O)Cc3csc(NC(=O)c4ccsc4)n3)nc21. The van der Waals surface area contributed by atoms with Gasteiger partial charge in [0.05, 0.1) is 30.0 Å². The summed E-state index contributed by atoms with van der Waals surface area (Å²) in [6, 6.07) is 1.74. The predicted octanol–water partition coefficient (Wildman–Crippen LogP) is 3.69. The fraction of sp³-hybridized carbons (Fsp3) is 0.316. The fourth-order valence-corrected chi connectivity index (χ4v) is 5.49. The molecule has 1 aliphatic carbocycles. The van der Waals surface area contributed by atoms with Gasteiger partial charge in [0.25, 0.3) is 5.91 Å². The maximum absolute atomic E-state index is 12.4. The van der Waals surface area contributed by atoms with Crippen molar-refractivity contribution in [2.24, 2.45) is 0 Å². The number of thiophene rings is 1. The minimum absolute atomic E-state index is 0.0658. The number of hydrogen-bond donors (Lipinski definition) is 2. The van der Waals surface area contributed by atoms with Crippen LogP contribution < -0.4 is 10.6 Å². The number of ether oxygens (including phenoxy) is 1. The first kappa shape index (κ1) is 20.6. The lowest BCUT2D eigenvalue weighted by Gasteiger charge is -2.07. The molecule has 11 heteroatoms. The van der Waals surface area contributed by atoms with E-state index in [1.165, 1.54) is 34.0 Å². The van der Waals surface area contributed by atoms with Crippen molar-refractivity contribution in [1.82, 2.24) is 9.97 Å². The van der Waals surface area contributed by atoms with Crippen LogP contribution in [0.5, 0.6) is 0 Å². The Balaban J connectivity index is 1.34. The number of aryl methyl sites for hydroxylation is 1. The molecule has 1 aliphatic rings. The van der Waals surface area contributed by atoms with Gasteiger partial charge in [-0.3, -0.25) is 19.7 Å². The molecule has 0 aliphatic heterocycles. The molecule has 0 bridgehead atoms. The van der Waals surface area contributed by atoms with Crippen LogP contribution >= 0.6 is 34.0 Å². The number of carbonyl (C=O) groups is 3. The van der Waals surface area contributed by atoms with Crippen molar-refractivity contribution in [3.63, 3.8) is 0 Å². The lowest BCUT2D eigenvalue weighted by Crippen LogP contribution is -2.16. The van der Waals surface area contributed by atoms with Crippen molar-refractivity contribution in [2.45, 2.75) is 32.1 Å². The van der Waals surface area contributed by atoms with Crippen LogP contribution in [0.4, 0.5) is 10.3 Å². The Labute approximate surface area is 184 Å². The van der Waals surface area contributed by atoms with Gasteiger partial charge in [-0.05, 0) is 31.2 Å². The zero-order valence-corrected chi connectivity index (χ0v) is 18.4. The van der Waals surface area contributed by atoms with E-state index in [0.29, 0.717) is 40.2 Å². The standard InChI is InChI=1S/C19H18N4O4S3/c1-2-27-17(26)12-3-4-13-15(12)22-19(30-13)21-14(24)7-11-9-29-18(20-11)23-16(25)10-5-6-28-8-10/h5-6,8-9,12H,2-4,7H2,1H3,(H,20,23,25)(H,21,22,24). The quantitative estimate of drug-likeness (QED) is 0.518. The highest BCUT2D eigenvalue weighted by molar-refractivity contribution is 7.16. The second-order valence-electron chi connectivity index (χ2n) is 6.51. The summed E-state index contributed by atoms with van der Waals surface area (Å²) in [6.07, 6.45) is 1.52. The molecule has 30 heavy (non-hydrogen) atoms. The van der Waals surface area contributed by atoms with Gasteiger partial charge < -0.3 is 10.1 Å². The van der Waals surface area contributed by atoms with Crippen molar-refractivity contribution in [3.05, 3.63) is 44.0 Å².